The van der Waals surface area contributed by atoms with Crippen LogP contribution in [0, 0.1) is 0 Å². The Bertz CT molecular complexity index is 871. The van der Waals surface area contributed by atoms with Crippen molar-refractivity contribution in [3.05, 3.63) is 52.3 Å². The van der Waals surface area contributed by atoms with Crippen LogP contribution < -0.4 is 5.32 Å². The lowest BCUT2D eigenvalue weighted by Gasteiger charge is -2.08. The van der Waals surface area contributed by atoms with E-state index < -0.39 is 5.97 Å². The number of methoxy groups -OCH3 is 1. The van der Waals surface area contributed by atoms with Crippen molar-refractivity contribution < 1.29 is 14.3 Å². The fourth-order valence-corrected chi connectivity index (χ4v) is 2.94. The number of thiazole rings is 1. The highest BCUT2D eigenvalue weighted by Crippen LogP contribution is 2.25. The molecule has 0 atom stereocenters. The van der Waals surface area contributed by atoms with E-state index in [0.29, 0.717) is 22.0 Å². The first-order valence-electron chi connectivity index (χ1n) is 6.20. The van der Waals surface area contributed by atoms with Crippen LogP contribution in [-0.2, 0) is 4.74 Å². The van der Waals surface area contributed by atoms with E-state index in [9.17, 15) is 9.59 Å². The van der Waals surface area contributed by atoms with Gasteiger partial charge in [-0.3, -0.25) is 9.20 Å². The van der Waals surface area contributed by atoms with Gasteiger partial charge in [0, 0.05) is 17.8 Å². The van der Waals surface area contributed by atoms with Gasteiger partial charge >= 0.3 is 5.97 Å². The molecule has 0 aliphatic carbocycles. The van der Waals surface area contributed by atoms with Gasteiger partial charge in [0.25, 0.3) is 5.91 Å². The number of amides is 1. The molecule has 6 nitrogen and oxygen atoms in total. The number of hydrogen-bond acceptors (Lipinski definition) is 5. The number of imidazole rings is 1. The Morgan fingerprint density at radius 2 is 2.23 bits per heavy atom. The number of halogens is 1. The van der Waals surface area contributed by atoms with Crippen LogP contribution in [0.25, 0.3) is 4.96 Å². The van der Waals surface area contributed by atoms with Crippen LogP contribution in [0.1, 0.15) is 20.8 Å². The van der Waals surface area contributed by atoms with E-state index in [1.54, 1.807) is 22.2 Å². The summed E-state index contributed by atoms with van der Waals surface area (Å²) >= 11 is 7.42. The Kier molecular flexibility index (Phi) is 3.82. The number of carbonyl (C=O) groups is 2. The molecular weight excluding hydrogens is 326 g/mol. The summed E-state index contributed by atoms with van der Waals surface area (Å²) in [5.74, 6) is -0.840. The molecule has 0 fully saturated rings. The number of carbonyl (C=O) groups excluding carboxylic acids is 2. The molecular formula is C14H10ClN3O3S. The molecule has 22 heavy (non-hydrogen) atoms. The molecule has 1 N–H and O–H groups in total. The SMILES string of the molecule is COC(=O)c1ccc(Cl)c(NC(=O)c2csc3nccn23)c1. The van der Waals surface area contributed by atoms with Crippen LogP contribution >= 0.6 is 22.9 Å². The minimum atomic E-state index is -0.500. The molecule has 2 aromatic heterocycles. The molecule has 1 amide bonds. The van der Waals surface area contributed by atoms with E-state index in [1.807, 2.05) is 0 Å². The molecule has 112 valence electrons. The van der Waals surface area contributed by atoms with E-state index in [2.05, 4.69) is 15.0 Å². The topological polar surface area (TPSA) is 72.7 Å². The van der Waals surface area contributed by atoms with Gasteiger partial charge in [0.1, 0.15) is 5.69 Å². The van der Waals surface area contributed by atoms with E-state index in [4.69, 9.17) is 11.6 Å². The third kappa shape index (κ3) is 2.56. The summed E-state index contributed by atoms with van der Waals surface area (Å²) in [6.45, 7) is 0. The first kappa shape index (κ1) is 14.6. The van der Waals surface area contributed by atoms with Crippen molar-refractivity contribution in [3.63, 3.8) is 0 Å². The first-order valence-corrected chi connectivity index (χ1v) is 7.45. The third-order valence-electron chi connectivity index (χ3n) is 3.01. The maximum absolute atomic E-state index is 12.4. The van der Waals surface area contributed by atoms with Crippen molar-refractivity contribution in [2.45, 2.75) is 0 Å². The molecule has 2 heterocycles. The lowest BCUT2D eigenvalue weighted by atomic mass is 10.2. The number of nitrogens with one attached hydrogen (secondary N) is 1. The van der Waals surface area contributed by atoms with Gasteiger partial charge in [-0.25, -0.2) is 9.78 Å². The Morgan fingerprint density at radius 1 is 1.41 bits per heavy atom. The molecule has 1 aromatic carbocycles. The lowest BCUT2D eigenvalue weighted by Crippen LogP contribution is -2.14. The maximum Gasteiger partial charge on any atom is 0.337 e. The smallest absolute Gasteiger partial charge is 0.337 e. The molecule has 0 bridgehead atoms. The highest BCUT2D eigenvalue weighted by molar-refractivity contribution is 7.15. The van der Waals surface area contributed by atoms with Crippen LogP contribution in [0.3, 0.4) is 0 Å². The number of esters is 1. The Morgan fingerprint density at radius 3 is 3.00 bits per heavy atom. The maximum atomic E-state index is 12.4. The number of rotatable bonds is 3. The summed E-state index contributed by atoms with van der Waals surface area (Å²) in [5, 5.41) is 4.73. The number of benzene rings is 1. The highest BCUT2D eigenvalue weighted by Gasteiger charge is 2.15. The number of fused-ring (bicyclic) bond motifs is 1. The Balaban J connectivity index is 1.91. The predicted octanol–water partition coefficient (Wildman–Crippen LogP) is 3.09. The standard InChI is InChI=1S/C14H10ClN3O3S/c1-21-13(20)8-2-3-9(15)10(6-8)17-12(19)11-7-22-14-16-4-5-18(11)14/h2-7H,1H3,(H,17,19). The number of nitrogens with zero attached hydrogens (tertiary/aromatic N) is 2. The van der Waals surface area contributed by atoms with Crippen LogP contribution in [0.15, 0.2) is 36.0 Å². The predicted molar refractivity (Wildman–Crippen MR) is 83.8 cm³/mol. The summed E-state index contributed by atoms with van der Waals surface area (Å²) in [5.41, 5.74) is 1.09. The quantitative estimate of drug-likeness (QED) is 0.746. The third-order valence-corrected chi connectivity index (χ3v) is 4.19. The molecule has 0 saturated carbocycles. The van der Waals surface area contributed by atoms with Crippen molar-refractivity contribution in [2.75, 3.05) is 12.4 Å². The van der Waals surface area contributed by atoms with Crippen LogP contribution in [-0.4, -0.2) is 28.4 Å². The Labute approximate surface area is 134 Å². The summed E-state index contributed by atoms with van der Waals surface area (Å²) in [4.78, 5) is 28.7. The molecule has 0 aliphatic heterocycles. The van der Waals surface area contributed by atoms with Gasteiger partial charge in [-0.1, -0.05) is 11.6 Å². The molecule has 0 radical (unpaired) electrons. The van der Waals surface area contributed by atoms with Gasteiger partial charge < -0.3 is 10.1 Å². The van der Waals surface area contributed by atoms with Crippen molar-refractivity contribution >= 4 is 45.5 Å². The van der Waals surface area contributed by atoms with Crippen molar-refractivity contribution in [1.82, 2.24) is 9.38 Å². The monoisotopic (exact) mass is 335 g/mol. The lowest BCUT2D eigenvalue weighted by molar-refractivity contribution is 0.0600. The first-order chi connectivity index (χ1) is 10.6. The van der Waals surface area contributed by atoms with Crippen molar-refractivity contribution in [1.29, 1.82) is 0 Å². The van der Waals surface area contributed by atoms with E-state index in [1.165, 1.54) is 36.6 Å². The average Bonchev–Trinajstić information content (AvgIpc) is 3.11. The van der Waals surface area contributed by atoms with Crippen molar-refractivity contribution in [2.24, 2.45) is 0 Å². The summed E-state index contributed by atoms with van der Waals surface area (Å²) < 4.78 is 6.33. The van der Waals surface area contributed by atoms with Gasteiger partial charge in [0.2, 0.25) is 0 Å². The minimum Gasteiger partial charge on any atom is -0.465 e. The second-order valence-electron chi connectivity index (χ2n) is 4.34. The number of anilines is 1. The van der Waals surface area contributed by atoms with Gasteiger partial charge in [-0.05, 0) is 18.2 Å². The van der Waals surface area contributed by atoms with E-state index in [-0.39, 0.29) is 5.91 Å². The van der Waals surface area contributed by atoms with Gasteiger partial charge in [-0.15, -0.1) is 11.3 Å². The number of aromatic nitrogens is 2. The zero-order valence-corrected chi connectivity index (χ0v) is 12.9. The normalized spacial score (nSPS) is 10.6. The van der Waals surface area contributed by atoms with E-state index >= 15 is 0 Å². The molecule has 3 aromatic rings. The molecule has 3 rings (SSSR count). The molecule has 0 unspecified atom stereocenters. The second kappa shape index (κ2) is 5.78. The van der Waals surface area contributed by atoms with Crippen LogP contribution in [0.2, 0.25) is 5.02 Å². The van der Waals surface area contributed by atoms with Gasteiger partial charge in [0.05, 0.1) is 23.4 Å². The average molecular weight is 336 g/mol. The zero-order valence-electron chi connectivity index (χ0n) is 11.4. The van der Waals surface area contributed by atoms with Crippen molar-refractivity contribution in [3.8, 4) is 0 Å². The second-order valence-corrected chi connectivity index (χ2v) is 5.58. The molecule has 0 spiro atoms. The van der Waals surface area contributed by atoms with E-state index in [0.717, 1.165) is 4.96 Å². The fraction of sp³-hybridized carbons (Fsp3) is 0.0714. The minimum absolute atomic E-state index is 0.306. The summed E-state index contributed by atoms with van der Waals surface area (Å²) in [6.07, 6.45) is 3.32. The Hall–Kier alpha value is -2.38. The molecule has 8 heteroatoms. The highest BCUT2D eigenvalue weighted by atomic mass is 35.5. The molecule has 0 aliphatic rings. The van der Waals surface area contributed by atoms with Crippen LogP contribution in [0.4, 0.5) is 5.69 Å². The fourth-order valence-electron chi connectivity index (χ4n) is 1.94. The summed E-state index contributed by atoms with van der Waals surface area (Å²) in [7, 11) is 1.29. The summed E-state index contributed by atoms with van der Waals surface area (Å²) in [6, 6.07) is 4.54. The number of hydrogen-bond donors (Lipinski definition) is 1. The van der Waals surface area contributed by atoms with Gasteiger partial charge in [0.15, 0.2) is 4.96 Å². The van der Waals surface area contributed by atoms with Gasteiger partial charge in [-0.2, -0.15) is 0 Å². The van der Waals surface area contributed by atoms with Crippen LogP contribution in [0.5, 0.6) is 0 Å². The number of ether oxygens (including phenoxy) is 1. The zero-order chi connectivity index (χ0) is 15.7. The molecule has 0 saturated heterocycles. The largest absolute Gasteiger partial charge is 0.465 e.